The van der Waals surface area contributed by atoms with Gasteiger partial charge in [0.25, 0.3) is 5.91 Å². The summed E-state index contributed by atoms with van der Waals surface area (Å²) in [6.45, 7) is 11.9. The minimum Gasteiger partial charge on any atom is -0.349 e. The van der Waals surface area contributed by atoms with Gasteiger partial charge in [-0.15, -0.1) is 11.3 Å². The molecule has 0 spiro atoms. The molecule has 3 aromatic rings. The Labute approximate surface area is 224 Å². The number of aryl methyl sites for hydroxylation is 1. The van der Waals surface area contributed by atoms with Crippen LogP contribution in [-0.4, -0.2) is 29.8 Å². The van der Waals surface area contributed by atoms with Crippen molar-refractivity contribution in [2.75, 3.05) is 11.4 Å². The highest BCUT2D eigenvalue weighted by Crippen LogP contribution is 2.30. The molecular formula is C30H37N3O3S. The fourth-order valence-corrected chi connectivity index (χ4v) is 4.49. The second-order valence-electron chi connectivity index (χ2n) is 10.2. The molecule has 0 aliphatic heterocycles. The standard InChI is InChI=1S/C30H37N3O3S/c1-7-30(5,6)32-29(36)27(23-12-10-21(4)11-13-23)33(24-16-14-22(15-17-24)20(2)3)26(34)19-31-28(35)25-9-8-18-37-25/h8-18,20,27H,7,19H2,1-6H3,(H,31,35)(H,32,36)/t27-/m0/s1. The zero-order chi connectivity index (χ0) is 27.2. The van der Waals surface area contributed by atoms with Gasteiger partial charge in [0.1, 0.15) is 6.04 Å². The van der Waals surface area contributed by atoms with E-state index >= 15 is 0 Å². The molecule has 7 heteroatoms. The van der Waals surface area contributed by atoms with Gasteiger partial charge in [-0.2, -0.15) is 0 Å². The fourth-order valence-electron chi connectivity index (χ4n) is 3.85. The topological polar surface area (TPSA) is 78.5 Å². The summed E-state index contributed by atoms with van der Waals surface area (Å²) in [5.74, 6) is -0.648. The third kappa shape index (κ3) is 7.29. The lowest BCUT2D eigenvalue weighted by Crippen LogP contribution is -2.52. The summed E-state index contributed by atoms with van der Waals surface area (Å²) in [6, 6.07) is 17.9. The Morgan fingerprint density at radius 1 is 0.946 bits per heavy atom. The average molecular weight is 520 g/mol. The predicted octanol–water partition coefficient (Wildman–Crippen LogP) is 5.99. The van der Waals surface area contributed by atoms with Crippen LogP contribution in [0.3, 0.4) is 0 Å². The summed E-state index contributed by atoms with van der Waals surface area (Å²) in [7, 11) is 0. The van der Waals surface area contributed by atoms with Crippen molar-refractivity contribution in [1.29, 1.82) is 0 Å². The predicted molar refractivity (Wildman–Crippen MR) is 151 cm³/mol. The Balaban J connectivity index is 2.04. The molecule has 37 heavy (non-hydrogen) atoms. The molecule has 0 aliphatic carbocycles. The first-order valence-corrected chi connectivity index (χ1v) is 13.5. The van der Waals surface area contributed by atoms with Crippen molar-refractivity contribution < 1.29 is 14.4 Å². The van der Waals surface area contributed by atoms with Crippen molar-refractivity contribution in [2.45, 2.75) is 65.5 Å². The van der Waals surface area contributed by atoms with Crippen LogP contribution < -0.4 is 15.5 Å². The van der Waals surface area contributed by atoms with E-state index in [1.165, 1.54) is 16.2 Å². The van der Waals surface area contributed by atoms with Gasteiger partial charge in [0.05, 0.1) is 11.4 Å². The van der Waals surface area contributed by atoms with Gasteiger partial charge in [-0.1, -0.05) is 68.8 Å². The van der Waals surface area contributed by atoms with Gasteiger partial charge in [0.15, 0.2) is 0 Å². The van der Waals surface area contributed by atoms with E-state index in [0.29, 0.717) is 22.0 Å². The molecule has 3 amide bonds. The minimum atomic E-state index is -0.914. The van der Waals surface area contributed by atoms with Gasteiger partial charge in [0.2, 0.25) is 11.8 Å². The molecule has 0 radical (unpaired) electrons. The van der Waals surface area contributed by atoms with Crippen molar-refractivity contribution in [3.8, 4) is 0 Å². The molecule has 0 bridgehead atoms. The van der Waals surface area contributed by atoms with Gasteiger partial charge in [-0.05, 0) is 67.8 Å². The number of anilines is 1. The number of amides is 3. The lowest BCUT2D eigenvalue weighted by atomic mass is 9.97. The summed E-state index contributed by atoms with van der Waals surface area (Å²) in [5.41, 5.74) is 3.02. The monoisotopic (exact) mass is 519 g/mol. The summed E-state index contributed by atoms with van der Waals surface area (Å²) < 4.78 is 0. The number of carbonyl (C=O) groups is 3. The number of hydrogen-bond acceptors (Lipinski definition) is 4. The molecule has 1 atom stereocenters. The van der Waals surface area contributed by atoms with E-state index in [-0.39, 0.29) is 24.3 Å². The third-order valence-electron chi connectivity index (χ3n) is 6.50. The molecule has 1 aromatic heterocycles. The Morgan fingerprint density at radius 3 is 2.11 bits per heavy atom. The number of carbonyl (C=O) groups excluding carboxylic acids is 3. The quantitative estimate of drug-likeness (QED) is 0.345. The van der Waals surface area contributed by atoms with Gasteiger partial charge in [-0.3, -0.25) is 19.3 Å². The van der Waals surface area contributed by atoms with Gasteiger partial charge in [-0.25, -0.2) is 0 Å². The van der Waals surface area contributed by atoms with Crippen LogP contribution in [0.1, 0.15) is 79.4 Å². The van der Waals surface area contributed by atoms with Crippen LogP contribution in [0.2, 0.25) is 0 Å². The number of benzene rings is 2. The number of hydrogen-bond donors (Lipinski definition) is 2. The van der Waals surface area contributed by atoms with E-state index in [4.69, 9.17) is 0 Å². The molecule has 2 N–H and O–H groups in total. The van der Waals surface area contributed by atoms with Crippen molar-refractivity contribution in [3.63, 3.8) is 0 Å². The van der Waals surface area contributed by atoms with Gasteiger partial charge >= 0.3 is 0 Å². The van der Waals surface area contributed by atoms with Crippen molar-refractivity contribution >= 4 is 34.7 Å². The molecule has 0 aliphatic rings. The van der Waals surface area contributed by atoms with Crippen LogP contribution in [0.15, 0.2) is 66.0 Å². The second-order valence-corrected chi connectivity index (χ2v) is 11.2. The Morgan fingerprint density at radius 2 is 1.57 bits per heavy atom. The minimum absolute atomic E-state index is 0.241. The fraction of sp³-hybridized carbons (Fsp3) is 0.367. The average Bonchev–Trinajstić information content (AvgIpc) is 3.41. The van der Waals surface area contributed by atoms with Crippen molar-refractivity contribution in [3.05, 3.63) is 87.6 Å². The molecule has 6 nitrogen and oxygen atoms in total. The maximum absolute atomic E-state index is 13.8. The van der Waals surface area contributed by atoms with Crippen LogP contribution in [0.4, 0.5) is 5.69 Å². The third-order valence-corrected chi connectivity index (χ3v) is 7.37. The lowest BCUT2D eigenvalue weighted by molar-refractivity contribution is -0.127. The molecule has 0 saturated carbocycles. The molecular weight excluding hydrogens is 482 g/mol. The summed E-state index contributed by atoms with van der Waals surface area (Å²) in [4.78, 5) is 42.2. The summed E-state index contributed by atoms with van der Waals surface area (Å²) in [5, 5.41) is 7.66. The first kappa shape index (κ1) is 28.1. The molecule has 0 fully saturated rings. The Hall–Kier alpha value is -3.45. The van der Waals surface area contributed by atoms with Crippen LogP contribution in [0.5, 0.6) is 0 Å². The van der Waals surface area contributed by atoms with E-state index in [0.717, 1.165) is 17.5 Å². The normalized spacial score (nSPS) is 12.2. The Kier molecular flexibility index (Phi) is 9.27. The molecule has 0 unspecified atom stereocenters. The van der Waals surface area contributed by atoms with E-state index in [9.17, 15) is 14.4 Å². The maximum atomic E-state index is 13.8. The van der Waals surface area contributed by atoms with E-state index < -0.39 is 11.6 Å². The highest BCUT2D eigenvalue weighted by Gasteiger charge is 2.35. The highest BCUT2D eigenvalue weighted by atomic mass is 32.1. The highest BCUT2D eigenvalue weighted by molar-refractivity contribution is 7.12. The summed E-state index contributed by atoms with van der Waals surface area (Å²) >= 11 is 1.31. The number of rotatable bonds is 10. The number of nitrogens with zero attached hydrogens (tertiary/aromatic N) is 1. The van der Waals surface area contributed by atoms with Crippen molar-refractivity contribution in [2.24, 2.45) is 0 Å². The molecule has 3 rings (SSSR count). The lowest BCUT2D eigenvalue weighted by Gasteiger charge is -2.35. The number of nitrogens with one attached hydrogen (secondary N) is 2. The first-order valence-electron chi connectivity index (χ1n) is 12.6. The van der Waals surface area contributed by atoms with Crippen LogP contribution in [0.25, 0.3) is 0 Å². The molecule has 196 valence electrons. The zero-order valence-corrected chi connectivity index (χ0v) is 23.3. The smallest absolute Gasteiger partial charge is 0.261 e. The van der Waals surface area contributed by atoms with Gasteiger partial charge in [0, 0.05) is 11.2 Å². The summed E-state index contributed by atoms with van der Waals surface area (Å²) in [6.07, 6.45) is 0.729. The molecule has 0 saturated heterocycles. The molecule has 2 aromatic carbocycles. The van der Waals surface area contributed by atoms with Gasteiger partial charge < -0.3 is 10.6 Å². The van der Waals surface area contributed by atoms with Crippen LogP contribution in [0, 0.1) is 6.92 Å². The van der Waals surface area contributed by atoms with E-state index in [1.807, 2.05) is 81.6 Å². The van der Waals surface area contributed by atoms with E-state index in [2.05, 4.69) is 24.5 Å². The van der Waals surface area contributed by atoms with Crippen LogP contribution in [-0.2, 0) is 9.59 Å². The largest absolute Gasteiger partial charge is 0.349 e. The van der Waals surface area contributed by atoms with Crippen molar-refractivity contribution in [1.82, 2.24) is 10.6 Å². The second kappa shape index (κ2) is 12.2. The first-order chi connectivity index (χ1) is 17.5. The Bertz CT molecular complexity index is 1200. The zero-order valence-electron chi connectivity index (χ0n) is 22.5. The number of thiophene rings is 1. The molecule has 1 heterocycles. The maximum Gasteiger partial charge on any atom is 0.261 e. The van der Waals surface area contributed by atoms with E-state index in [1.54, 1.807) is 12.1 Å². The SMILES string of the molecule is CCC(C)(C)NC(=O)[C@H](c1ccc(C)cc1)N(C(=O)CNC(=O)c1cccs1)c1ccc(C(C)C)cc1. The van der Waals surface area contributed by atoms with Crippen LogP contribution >= 0.6 is 11.3 Å².